The first-order valence-electron chi connectivity index (χ1n) is 4.36. The molecule has 1 aromatic heterocycles. The number of Topliss-reactive ketones (excluding diaryl/α,β-unsaturated/α-hetero) is 1. The van der Waals surface area contributed by atoms with E-state index in [1.165, 1.54) is 0 Å². The maximum absolute atomic E-state index is 11.5. The van der Waals surface area contributed by atoms with Gasteiger partial charge in [0, 0.05) is 12.6 Å². The summed E-state index contributed by atoms with van der Waals surface area (Å²) in [6, 6.07) is 3.58. The van der Waals surface area contributed by atoms with Crippen molar-refractivity contribution in [2.45, 2.75) is 20.3 Å². The molecule has 0 fully saturated rings. The van der Waals surface area contributed by atoms with Gasteiger partial charge in [0.2, 0.25) is 0 Å². The van der Waals surface area contributed by atoms with Crippen molar-refractivity contribution in [3.63, 3.8) is 0 Å². The van der Waals surface area contributed by atoms with Gasteiger partial charge in [0.25, 0.3) is 0 Å². The van der Waals surface area contributed by atoms with Crippen molar-refractivity contribution in [2.24, 2.45) is 5.92 Å². The highest BCUT2D eigenvalue weighted by Gasteiger charge is 2.11. The summed E-state index contributed by atoms with van der Waals surface area (Å²) in [5.74, 6) is 0.197. The van der Waals surface area contributed by atoms with E-state index < -0.39 is 0 Å². The van der Waals surface area contributed by atoms with Crippen molar-refractivity contribution >= 4 is 5.78 Å². The third-order valence-electron chi connectivity index (χ3n) is 1.77. The first-order valence-corrected chi connectivity index (χ1v) is 4.36. The standard InChI is InChI=1S/C10H11N3O/c1-7(6-11)5-10(14)9-3-4-12-8(2)13-9/h3-4,7H,5H2,1-2H3. The van der Waals surface area contributed by atoms with Gasteiger partial charge in [0.1, 0.15) is 11.5 Å². The number of rotatable bonds is 3. The molecule has 0 saturated carbocycles. The van der Waals surface area contributed by atoms with Crippen LogP contribution in [-0.2, 0) is 0 Å². The van der Waals surface area contributed by atoms with Gasteiger partial charge in [-0.15, -0.1) is 0 Å². The molecule has 72 valence electrons. The van der Waals surface area contributed by atoms with Gasteiger partial charge < -0.3 is 0 Å². The van der Waals surface area contributed by atoms with Crippen LogP contribution in [0.5, 0.6) is 0 Å². The van der Waals surface area contributed by atoms with Crippen LogP contribution in [0, 0.1) is 24.2 Å². The average molecular weight is 189 g/mol. The summed E-state index contributed by atoms with van der Waals surface area (Å²) in [7, 11) is 0. The SMILES string of the molecule is Cc1nccc(C(=O)CC(C)C#N)n1. The van der Waals surface area contributed by atoms with Crippen LogP contribution >= 0.6 is 0 Å². The number of aryl methyl sites for hydroxylation is 1. The molecule has 0 aliphatic heterocycles. The van der Waals surface area contributed by atoms with Crippen molar-refractivity contribution < 1.29 is 4.79 Å². The molecule has 0 aliphatic rings. The van der Waals surface area contributed by atoms with Crippen LogP contribution in [0.4, 0.5) is 0 Å². The number of aromatic nitrogens is 2. The Kier molecular flexibility index (Phi) is 3.29. The Labute approximate surface area is 82.6 Å². The van der Waals surface area contributed by atoms with Gasteiger partial charge >= 0.3 is 0 Å². The molecule has 1 aromatic rings. The fraction of sp³-hybridized carbons (Fsp3) is 0.400. The van der Waals surface area contributed by atoms with Gasteiger partial charge in [0.05, 0.1) is 12.0 Å². The molecule has 14 heavy (non-hydrogen) atoms. The number of carbonyl (C=O) groups excluding carboxylic acids is 1. The zero-order valence-corrected chi connectivity index (χ0v) is 8.19. The van der Waals surface area contributed by atoms with Crippen LogP contribution in [0.25, 0.3) is 0 Å². The zero-order chi connectivity index (χ0) is 10.6. The maximum atomic E-state index is 11.5. The fourth-order valence-corrected chi connectivity index (χ4v) is 1.04. The van der Waals surface area contributed by atoms with Gasteiger partial charge in [-0.3, -0.25) is 4.79 Å². The van der Waals surface area contributed by atoms with E-state index in [1.807, 2.05) is 6.07 Å². The molecule has 1 atom stereocenters. The van der Waals surface area contributed by atoms with Crippen LogP contribution in [0.2, 0.25) is 0 Å². The van der Waals surface area contributed by atoms with Crippen molar-refractivity contribution in [2.75, 3.05) is 0 Å². The van der Waals surface area contributed by atoms with E-state index >= 15 is 0 Å². The Balaban J connectivity index is 2.76. The summed E-state index contributed by atoms with van der Waals surface area (Å²) in [6.07, 6.45) is 1.76. The van der Waals surface area contributed by atoms with E-state index in [1.54, 1.807) is 26.1 Å². The predicted octanol–water partition coefficient (Wildman–Crippen LogP) is 1.52. The number of hydrogen-bond donors (Lipinski definition) is 0. The summed E-state index contributed by atoms with van der Waals surface area (Å²) in [5.41, 5.74) is 0.389. The Morgan fingerprint density at radius 2 is 2.43 bits per heavy atom. The Morgan fingerprint density at radius 1 is 1.71 bits per heavy atom. The van der Waals surface area contributed by atoms with E-state index in [-0.39, 0.29) is 18.1 Å². The minimum Gasteiger partial charge on any atom is -0.292 e. The van der Waals surface area contributed by atoms with Gasteiger partial charge in [-0.05, 0) is 19.9 Å². The van der Waals surface area contributed by atoms with Gasteiger partial charge in [-0.2, -0.15) is 5.26 Å². The van der Waals surface area contributed by atoms with Crippen LogP contribution in [0.15, 0.2) is 12.3 Å². The lowest BCUT2D eigenvalue weighted by molar-refractivity contribution is 0.0967. The second kappa shape index (κ2) is 4.47. The van der Waals surface area contributed by atoms with E-state index in [2.05, 4.69) is 9.97 Å². The topological polar surface area (TPSA) is 66.6 Å². The first kappa shape index (κ1) is 10.3. The molecular weight excluding hydrogens is 178 g/mol. The summed E-state index contributed by atoms with van der Waals surface area (Å²) in [5, 5.41) is 8.55. The Bertz CT molecular complexity index is 381. The van der Waals surface area contributed by atoms with Gasteiger partial charge in [-0.25, -0.2) is 9.97 Å². The fourth-order valence-electron chi connectivity index (χ4n) is 1.04. The van der Waals surface area contributed by atoms with E-state index in [0.29, 0.717) is 11.5 Å². The molecule has 0 saturated heterocycles. The Hall–Kier alpha value is -1.76. The summed E-state index contributed by atoms with van der Waals surface area (Å²) in [4.78, 5) is 19.4. The molecule has 0 N–H and O–H groups in total. The maximum Gasteiger partial charge on any atom is 0.182 e. The zero-order valence-electron chi connectivity index (χ0n) is 8.19. The van der Waals surface area contributed by atoms with E-state index in [4.69, 9.17) is 5.26 Å². The molecule has 0 radical (unpaired) electrons. The first-order chi connectivity index (χ1) is 6.63. The smallest absolute Gasteiger partial charge is 0.182 e. The molecule has 1 heterocycles. The quantitative estimate of drug-likeness (QED) is 0.676. The molecule has 4 nitrogen and oxygen atoms in total. The highest BCUT2D eigenvalue weighted by Crippen LogP contribution is 2.06. The highest BCUT2D eigenvalue weighted by molar-refractivity contribution is 5.94. The minimum absolute atomic E-state index is 0.107. The van der Waals surface area contributed by atoms with Crippen LogP contribution in [0.1, 0.15) is 29.7 Å². The molecular formula is C10H11N3O. The molecule has 1 unspecified atom stereocenters. The molecule has 0 aliphatic carbocycles. The average Bonchev–Trinajstić information content (AvgIpc) is 2.17. The molecule has 0 aromatic carbocycles. The lowest BCUT2D eigenvalue weighted by Gasteiger charge is -2.01. The van der Waals surface area contributed by atoms with Crippen molar-refractivity contribution in [3.05, 3.63) is 23.8 Å². The molecule has 4 heteroatoms. The van der Waals surface area contributed by atoms with Crippen molar-refractivity contribution in [3.8, 4) is 6.07 Å². The summed E-state index contributed by atoms with van der Waals surface area (Å²) in [6.45, 7) is 3.44. The van der Waals surface area contributed by atoms with Crippen LogP contribution in [0.3, 0.4) is 0 Å². The third-order valence-corrected chi connectivity index (χ3v) is 1.77. The lowest BCUT2D eigenvalue weighted by atomic mass is 10.0. The van der Waals surface area contributed by atoms with Crippen LogP contribution < -0.4 is 0 Å². The third kappa shape index (κ3) is 2.63. The molecule has 1 rings (SSSR count). The lowest BCUT2D eigenvalue weighted by Crippen LogP contribution is -2.07. The number of ketones is 1. The molecule has 0 bridgehead atoms. The predicted molar refractivity (Wildman–Crippen MR) is 50.5 cm³/mol. The highest BCUT2D eigenvalue weighted by atomic mass is 16.1. The minimum atomic E-state index is -0.266. The van der Waals surface area contributed by atoms with E-state index in [9.17, 15) is 4.79 Å². The normalized spacial score (nSPS) is 11.8. The number of carbonyl (C=O) groups is 1. The second-order valence-electron chi connectivity index (χ2n) is 3.15. The molecule has 0 amide bonds. The van der Waals surface area contributed by atoms with Gasteiger partial charge in [-0.1, -0.05) is 0 Å². The monoisotopic (exact) mass is 189 g/mol. The Morgan fingerprint density at radius 3 is 3.00 bits per heavy atom. The summed E-state index contributed by atoms with van der Waals surface area (Å²) < 4.78 is 0. The second-order valence-corrected chi connectivity index (χ2v) is 3.15. The van der Waals surface area contributed by atoms with Gasteiger partial charge in [0.15, 0.2) is 5.78 Å². The summed E-state index contributed by atoms with van der Waals surface area (Å²) >= 11 is 0. The number of nitriles is 1. The van der Waals surface area contributed by atoms with E-state index in [0.717, 1.165) is 0 Å². The van der Waals surface area contributed by atoms with Crippen molar-refractivity contribution in [1.29, 1.82) is 5.26 Å². The largest absolute Gasteiger partial charge is 0.292 e. The number of nitrogens with zero attached hydrogens (tertiary/aromatic N) is 3. The molecule has 0 spiro atoms. The van der Waals surface area contributed by atoms with Crippen molar-refractivity contribution in [1.82, 2.24) is 9.97 Å². The van der Waals surface area contributed by atoms with Crippen LogP contribution in [-0.4, -0.2) is 15.8 Å². The number of hydrogen-bond acceptors (Lipinski definition) is 4.